The number of carboxylic acids is 1. The number of aliphatic hydroxyl groups is 1. The monoisotopic (exact) mass is 488 g/mol. The average molecular weight is 489 g/mol. The number of pyridine rings is 1. The summed E-state index contributed by atoms with van der Waals surface area (Å²) in [6, 6.07) is 9.55. The first-order chi connectivity index (χ1) is 17.4. The highest BCUT2D eigenvalue weighted by Crippen LogP contribution is 2.30. The van der Waals surface area contributed by atoms with Crippen LogP contribution in [-0.4, -0.2) is 62.6 Å². The van der Waals surface area contributed by atoms with E-state index in [0.717, 1.165) is 55.4 Å². The first-order valence-corrected chi connectivity index (χ1v) is 12.0. The van der Waals surface area contributed by atoms with Crippen LogP contribution in [-0.2, 0) is 20.7 Å². The molecule has 2 aliphatic rings. The lowest BCUT2D eigenvalue weighted by Gasteiger charge is -2.29. The first-order valence-electron chi connectivity index (χ1n) is 12.0. The second kappa shape index (κ2) is 9.96. The summed E-state index contributed by atoms with van der Waals surface area (Å²) >= 11 is 0. The van der Waals surface area contributed by atoms with Gasteiger partial charge in [-0.1, -0.05) is 12.1 Å². The number of allylic oxidation sites excluding steroid dienone is 1. The molecule has 0 spiro atoms. The van der Waals surface area contributed by atoms with E-state index >= 15 is 0 Å². The van der Waals surface area contributed by atoms with Gasteiger partial charge < -0.3 is 30.2 Å². The number of aromatic amines is 1. The predicted octanol–water partition coefficient (Wildman–Crippen LogP) is 3.22. The van der Waals surface area contributed by atoms with Gasteiger partial charge in [-0.15, -0.1) is 0 Å². The third kappa shape index (κ3) is 4.89. The van der Waals surface area contributed by atoms with Crippen LogP contribution in [0.25, 0.3) is 17.1 Å². The SMILES string of the molecule is Cc1cc(CCN2CCC(O)CC2)ccc1NC1=C(C(=O)O)C(=O)/C(=C/c2c[nH]c3ncccc23)O1. The molecule has 1 aromatic carbocycles. The summed E-state index contributed by atoms with van der Waals surface area (Å²) in [5, 5.41) is 23.2. The lowest BCUT2D eigenvalue weighted by atomic mass is 10.0. The molecular formula is C27H28N4O5. The van der Waals surface area contributed by atoms with Crippen molar-refractivity contribution in [3.05, 3.63) is 76.6 Å². The number of carbonyl (C=O) groups is 2. The van der Waals surface area contributed by atoms with Gasteiger partial charge in [-0.2, -0.15) is 0 Å². The number of hydrogen-bond acceptors (Lipinski definition) is 7. The van der Waals surface area contributed by atoms with Crippen LogP contribution >= 0.6 is 0 Å². The van der Waals surface area contributed by atoms with Crippen LogP contribution in [0.15, 0.2) is 59.9 Å². The van der Waals surface area contributed by atoms with E-state index < -0.39 is 17.3 Å². The molecule has 4 N–H and O–H groups in total. The molecule has 0 atom stereocenters. The number of carbonyl (C=O) groups excluding carboxylic acids is 1. The van der Waals surface area contributed by atoms with E-state index in [2.05, 4.69) is 26.3 Å². The number of aliphatic carboxylic acids is 1. The van der Waals surface area contributed by atoms with Crippen LogP contribution in [0, 0.1) is 6.92 Å². The molecule has 0 radical (unpaired) electrons. The number of aryl methyl sites for hydroxylation is 1. The zero-order chi connectivity index (χ0) is 25.2. The molecule has 2 aliphatic heterocycles. The van der Waals surface area contributed by atoms with Crippen molar-refractivity contribution >= 4 is 34.5 Å². The average Bonchev–Trinajstić information content (AvgIpc) is 3.41. The number of rotatable bonds is 7. The van der Waals surface area contributed by atoms with E-state index in [9.17, 15) is 19.8 Å². The maximum atomic E-state index is 12.9. The van der Waals surface area contributed by atoms with Gasteiger partial charge in [0.15, 0.2) is 11.3 Å². The van der Waals surface area contributed by atoms with E-state index in [1.165, 1.54) is 6.08 Å². The quantitative estimate of drug-likeness (QED) is 0.295. The Hall–Kier alpha value is -3.95. The van der Waals surface area contributed by atoms with Crippen molar-refractivity contribution in [2.24, 2.45) is 0 Å². The highest BCUT2D eigenvalue weighted by Gasteiger charge is 2.36. The third-order valence-corrected chi connectivity index (χ3v) is 6.69. The Morgan fingerprint density at radius 3 is 2.86 bits per heavy atom. The smallest absolute Gasteiger partial charge is 0.345 e. The van der Waals surface area contributed by atoms with Crippen LogP contribution in [0.4, 0.5) is 5.69 Å². The van der Waals surface area contributed by atoms with Crippen molar-refractivity contribution in [1.82, 2.24) is 14.9 Å². The number of benzene rings is 1. The second-order valence-corrected chi connectivity index (χ2v) is 9.19. The second-order valence-electron chi connectivity index (χ2n) is 9.19. The van der Waals surface area contributed by atoms with Crippen LogP contribution in [0.2, 0.25) is 0 Å². The zero-order valence-corrected chi connectivity index (χ0v) is 20.0. The Bertz CT molecular complexity index is 1380. The van der Waals surface area contributed by atoms with Crippen LogP contribution in [0.1, 0.15) is 29.5 Å². The molecule has 9 heteroatoms. The summed E-state index contributed by atoms with van der Waals surface area (Å²) in [5.74, 6) is -2.21. The number of carboxylic acid groups (broad SMARTS) is 1. The normalized spacial score (nSPS) is 18.3. The fourth-order valence-electron chi connectivity index (χ4n) is 4.62. The number of fused-ring (bicyclic) bond motifs is 1. The zero-order valence-electron chi connectivity index (χ0n) is 20.0. The number of likely N-dealkylation sites (tertiary alicyclic amines) is 1. The number of piperidine rings is 1. The molecule has 4 heterocycles. The highest BCUT2D eigenvalue weighted by atomic mass is 16.5. The highest BCUT2D eigenvalue weighted by molar-refractivity contribution is 6.26. The standard InChI is InChI=1S/C27H28N4O5/c1-16-13-17(6-10-31-11-7-19(32)8-12-31)4-5-21(16)30-26-23(27(34)35)24(33)22(36-26)14-18-15-29-25-20(18)3-2-9-28-25/h2-5,9,13-15,19,30,32H,6-8,10-12H2,1H3,(H,28,29)(H,34,35)/b22-14-. The minimum atomic E-state index is -1.35. The minimum absolute atomic E-state index is 0.0689. The molecule has 1 fully saturated rings. The van der Waals surface area contributed by atoms with Crippen molar-refractivity contribution < 1.29 is 24.5 Å². The van der Waals surface area contributed by atoms with Crippen LogP contribution in [0.3, 0.4) is 0 Å². The van der Waals surface area contributed by atoms with Gasteiger partial charge in [0.25, 0.3) is 0 Å². The fourth-order valence-corrected chi connectivity index (χ4v) is 4.62. The summed E-state index contributed by atoms with van der Waals surface area (Å²) < 4.78 is 5.73. The van der Waals surface area contributed by atoms with E-state index in [4.69, 9.17) is 4.74 Å². The molecule has 36 heavy (non-hydrogen) atoms. The van der Waals surface area contributed by atoms with Crippen molar-refractivity contribution in [3.8, 4) is 0 Å². The summed E-state index contributed by atoms with van der Waals surface area (Å²) in [4.78, 5) is 34.4. The molecule has 186 valence electrons. The maximum Gasteiger partial charge on any atom is 0.345 e. The number of ketones is 1. The van der Waals surface area contributed by atoms with Gasteiger partial charge in [0.2, 0.25) is 11.7 Å². The number of Topliss-reactive ketones (excluding diaryl/α,β-unsaturated/α-hetero) is 1. The number of nitrogens with zero attached hydrogens (tertiary/aromatic N) is 2. The minimum Gasteiger partial charge on any atom is -0.477 e. The van der Waals surface area contributed by atoms with E-state index in [1.54, 1.807) is 18.5 Å². The van der Waals surface area contributed by atoms with Crippen molar-refractivity contribution in [3.63, 3.8) is 0 Å². The molecule has 0 aliphatic carbocycles. The van der Waals surface area contributed by atoms with Crippen molar-refractivity contribution in [1.29, 1.82) is 0 Å². The number of aliphatic hydroxyl groups excluding tert-OH is 1. The Kier molecular flexibility index (Phi) is 6.58. The fraction of sp³-hybridized carbons (Fsp3) is 0.296. The van der Waals surface area contributed by atoms with Gasteiger partial charge in [0, 0.05) is 48.7 Å². The summed E-state index contributed by atoms with van der Waals surface area (Å²) in [6.07, 6.45) is 7.20. The molecule has 0 saturated carbocycles. The molecule has 0 bridgehead atoms. The summed E-state index contributed by atoms with van der Waals surface area (Å²) in [5.41, 5.74) is 3.64. The lowest BCUT2D eigenvalue weighted by molar-refractivity contribution is -0.134. The summed E-state index contributed by atoms with van der Waals surface area (Å²) in [6.45, 7) is 4.66. The lowest BCUT2D eigenvalue weighted by Crippen LogP contribution is -2.37. The third-order valence-electron chi connectivity index (χ3n) is 6.69. The Morgan fingerprint density at radius 1 is 1.31 bits per heavy atom. The van der Waals surface area contributed by atoms with Gasteiger partial charge in [0.1, 0.15) is 5.65 Å². The molecule has 0 unspecified atom stereocenters. The number of nitrogens with one attached hydrogen (secondary N) is 2. The van der Waals surface area contributed by atoms with Crippen molar-refractivity contribution in [2.45, 2.75) is 32.3 Å². The van der Waals surface area contributed by atoms with Crippen LogP contribution < -0.4 is 5.32 Å². The Balaban J connectivity index is 1.31. The predicted molar refractivity (Wildman–Crippen MR) is 135 cm³/mol. The molecular weight excluding hydrogens is 460 g/mol. The topological polar surface area (TPSA) is 128 Å². The first kappa shape index (κ1) is 23.8. The molecule has 3 aromatic rings. The van der Waals surface area contributed by atoms with Crippen LogP contribution in [0.5, 0.6) is 0 Å². The number of H-pyrrole nitrogens is 1. The van der Waals surface area contributed by atoms with E-state index in [1.807, 2.05) is 25.1 Å². The number of aromatic nitrogens is 2. The van der Waals surface area contributed by atoms with E-state index in [0.29, 0.717) is 16.9 Å². The largest absolute Gasteiger partial charge is 0.477 e. The number of hydrogen-bond donors (Lipinski definition) is 4. The molecule has 1 saturated heterocycles. The molecule has 2 aromatic heterocycles. The van der Waals surface area contributed by atoms with Gasteiger partial charge in [-0.05, 0) is 61.6 Å². The van der Waals surface area contributed by atoms with E-state index in [-0.39, 0.29) is 17.7 Å². The maximum absolute atomic E-state index is 12.9. The van der Waals surface area contributed by atoms with Crippen molar-refractivity contribution in [2.75, 3.05) is 25.0 Å². The Labute approximate surface area is 208 Å². The van der Waals surface area contributed by atoms with Gasteiger partial charge in [-0.3, -0.25) is 4.79 Å². The van der Waals surface area contributed by atoms with Gasteiger partial charge >= 0.3 is 5.97 Å². The summed E-state index contributed by atoms with van der Waals surface area (Å²) in [7, 11) is 0. The number of anilines is 1. The molecule has 0 amide bonds. The molecule has 9 nitrogen and oxygen atoms in total. The Morgan fingerprint density at radius 2 is 2.11 bits per heavy atom. The van der Waals surface area contributed by atoms with Gasteiger partial charge in [-0.25, -0.2) is 9.78 Å². The van der Waals surface area contributed by atoms with Gasteiger partial charge in [0.05, 0.1) is 6.10 Å². The number of ether oxygens (including phenoxy) is 1. The molecule has 5 rings (SSSR count).